The molecule has 4 rings (SSSR count). The number of fused-ring (bicyclic) bond motifs is 1. The van der Waals surface area contributed by atoms with Crippen molar-refractivity contribution in [3.05, 3.63) is 24.3 Å². The van der Waals surface area contributed by atoms with Crippen LogP contribution in [0.5, 0.6) is 0 Å². The Morgan fingerprint density at radius 3 is 2.37 bits per heavy atom. The number of anilines is 2. The molecule has 2 heterocycles. The summed E-state index contributed by atoms with van der Waals surface area (Å²) in [5.74, 6) is 2.30. The van der Waals surface area contributed by atoms with Gasteiger partial charge in [-0.15, -0.1) is 0 Å². The molecule has 1 saturated heterocycles. The molecule has 1 aromatic carbocycles. The number of ether oxygens (including phenoxy) is 1. The molecule has 0 radical (unpaired) electrons. The van der Waals surface area contributed by atoms with Crippen molar-refractivity contribution in [1.82, 2.24) is 14.9 Å². The zero-order valence-corrected chi connectivity index (χ0v) is 18.5. The fraction of sp³-hybridized carbons (Fsp3) is 0.609. The third-order valence-electron chi connectivity index (χ3n) is 5.63. The monoisotopic (exact) mass is 411 g/mol. The lowest BCUT2D eigenvalue weighted by molar-refractivity contribution is 0.0186. The lowest BCUT2D eigenvalue weighted by Gasteiger charge is -2.35. The molecule has 1 amide bonds. The smallest absolute Gasteiger partial charge is 0.410 e. The van der Waals surface area contributed by atoms with Gasteiger partial charge in [-0.3, -0.25) is 0 Å². The molecule has 0 unspecified atom stereocenters. The van der Waals surface area contributed by atoms with Gasteiger partial charge in [0.15, 0.2) is 11.6 Å². The second kappa shape index (κ2) is 8.28. The normalized spacial score (nSPS) is 17.8. The predicted molar refractivity (Wildman–Crippen MR) is 120 cm³/mol. The van der Waals surface area contributed by atoms with Crippen molar-refractivity contribution >= 4 is 28.8 Å². The van der Waals surface area contributed by atoms with E-state index in [4.69, 9.17) is 14.7 Å². The summed E-state index contributed by atoms with van der Waals surface area (Å²) < 4.78 is 5.51. The Morgan fingerprint density at radius 2 is 1.77 bits per heavy atom. The summed E-state index contributed by atoms with van der Waals surface area (Å²) in [4.78, 5) is 26.1. The van der Waals surface area contributed by atoms with Crippen molar-refractivity contribution in [2.45, 2.75) is 58.1 Å². The quantitative estimate of drug-likeness (QED) is 0.792. The number of likely N-dealkylation sites (tertiary alicyclic amines) is 1. The van der Waals surface area contributed by atoms with Crippen LogP contribution in [0, 0.1) is 5.92 Å². The Labute approximate surface area is 178 Å². The van der Waals surface area contributed by atoms with Crippen LogP contribution in [-0.4, -0.2) is 59.3 Å². The Balaban J connectivity index is 1.41. The minimum Gasteiger partial charge on any atom is -0.444 e. The highest BCUT2D eigenvalue weighted by molar-refractivity contribution is 5.80. The molecule has 1 saturated carbocycles. The standard InChI is InChI=1S/C23H33N5O2/c1-23(2,3)30-22(29)28-13-11-16(12-14-28)15-27(4)21-20(24-17-9-10-17)25-18-7-5-6-8-19(18)26-21/h5-8,16-17H,9-15H2,1-4H3,(H,24,25). The molecular weight excluding hydrogens is 378 g/mol. The van der Waals surface area contributed by atoms with Crippen LogP contribution in [0.1, 0.15) is 46.5 Å². The summed E-state index contributed by atoms with van der Waals surface area (Å²) in [7, 11) is 2.09. The summed E-state index contributed by atoms with van der Waals surface area (Å²) in [5.41, 5.74) is 1.39. The number of amides is 1. The zero-order chi connectivity index (χ0) is 21.3. The number of para-hydroxylation sites is 2. The van der Waals surface area contributed by atoms with Crippen LogP contribution in [0.4, 0.5) is 16.4 Å². The predicted octanol–water partition coefficient (Wildman–Crippen LogP) is 4.29. The van der Waals surface area contributed by atoms with Crippen LogP contribution in [0.15, 0.2) is 24.3 Å². The largest absolute Gasteiger partial charge is 0.444 e. The van der Waals surface area contributed by atoms with E-state index in [1.807, 2.05) is 49.9 Å². The highest BCUT2D eigenvalue weighted by Crippen LogP contribution is 2.31. The van der Waals surface area contributed by atoms with E-state index in [1.54, 1.807) is 0 Å². The van der Waals surface area contributed by atoms with E-state index >= 15 is 0 Å². The first-order chi connectivity index (χ1) is 14.3. The lowest BCUT2D eigenvalue weighted by Crippen LogP contribution is -2.43. The number of piperidine rings is 1. The molecule has 1 aromatic heterocycles. The number of hydrogen-bond acceptors (Lipinski definition) is 6. The topological polar surface area (TPSA) is 70.6 Å². The first-order valence-electron chi connectivity index (χ1n) is 11.0. The Kier molecular flexibility index (Phi) is 5.71. The van der Waals surface area contributed by atoms with Gasteiger partial charge in [0.05, 0.1) is 11.0 Å². The van der Waals surface area contributed by atoms with Crippen molar-refractivity contribution in [3.8, 4) is 0 Å². The number of rotatable bonds is 5. The van der Waals surface area contributed by atoms with Gasteiger partial charge in [-0.1, -0.05) is 12.1 Å². The SMILES string of the molecule is CN(CC1CCN(C(=O)OC(C)(C)C)CC1)c1nc2ccccc2nc1NC1CC1. The summed E-state index contributed by atoms with van der Waals surface area (Å²) >= 11 is 0. The fourth-order valence-electron chi connectivity index (χ4n) is 3.87. The van der Waals surface area contributed by atoms with Gasteiger partial charge in [0.25, 0.3) is 0 Å². The highest BCUT2D eigenvalue weighted by atomic mass is 16.6. The molecule has 2 aliphatic rings. The summed E-state index contributed by atoms with van der Waals surface area (Å²) in [6.07, 6.45) is 4.12. The molecule has 0 bridgehead atoms. The first kappa shape index (κ1) is 20.7. The van der Waals surface area contributed by atoms with Gasteiger partial charge in [0.2, 0.25) is 0 Å². The Hall–Kier alpha value is -2.57. The molecule has 7 nitrogen and oxygen atoms in total. The van der Waals surface area contributed by atoms with Crippen molar-refractivity contribution in [2.24, 2.45) is 5.92 Å². The van der Waals surface area contributed by atoms with Gasteiger partial charge in [0, 0.05) is 32.7 Å². The van der Waals surface area contributed by atoms with Crippen molar-refractivity contribution < 1.29 is 9.53 Å². The number of carbonyl (C=O) groups is 1. The second-order valence-electron chi connectivity index (χ2n) is 9.59. The van der Waals surface area contributed by atoms with E-state index < -0.39 is 5.60 Å². The van der Waals surface area contributed by atoms with Gasteiger partial charge >= 0.3 is 6.09 Å². The van der Waals surface area contributed by atoms with E-state index in [2.05, 4.69) is 17.3 Å². The fourth-order valence-corrected chi connectivity index (χ4v) is 3.87. The lowest BCUT2D eigenvalue weighted by atomic mass is 9.96. The van der Waals surface area contributed by atoms with Crippen molar-refractivity contribution in [1.29, 1.82) is 0 Å². The number of hydrogen-bond donors (Lipinski definition) is 1. The molecule has 0 atom stereocenters. The Morgan fingerprint density at radius 1 is 1.13 bits per heavy atom. The zero-order valence-electron chi connectivity index (χ0n) is 18.5. The number of benzene rings is 1. The van der Waals surface area contributed by atoms with Gasteiger partial charge in [-0.05, 0) is 64.5 Å². The maximum absolute atomic E-state index is 12.3. The van der Waals surface area contributed by atoms with Crippen LogP contribution < -0.4 is 10.2 Å². The van der Waals surface area contributed by atoms with E-state index in [-0.39, 0.29) is 6.09 Å². The van der Waals surface area contributed by atoms with E-state index in [1.165, 1.54) is 12.8 Å². The van der Waals surface area contributed by atoms with Gasteiger partial charge in [-0.25, -0.2) is 14.8 Å². The third kappa shape index (κ3) is 5.12. The minimum atomic E-state index is -0.451. The average Bonchev–Trinajstić information content (AvgIpc) is 3.50. The maximum atomic E-state index is 12.3. The third-order valence-corrected chi connectivity index (χ3v) is 5.63. The second-order valence-corrected chi connectivity index (χ2v) is 9.59. The molecule has 162 valence electrons. The molecule has 1 aliphatic carbocycles. The highest BCUT2D eigenvalue weighted by Gasteiger charge is 2.29. The average molecular weight is 412 g/mol. The first-order valence-corrected chi connectivity index (χ1v) is 11.0. The molecular formula is C23H33N5O2. The molecule has 30 heavy (non-hydrogen) atoms. The minimum absolute atomic E-state index is 0.203. The van der Waals surface area contributed by atoms with E-state index in [0.29, 0.717) is 12.0 Å². The van der Waals surface area contributed by atoms with E-state index in [0.717, 1.165) is 55.1 Å². The molecule has 1 aliphatic heterocycles. The van der Waals surface area contributed by atoms with Crippen LogP contribution in [-0.2, 0) is 4.74 Å². The van der Waals surface area contributed by atoms with Crippen LogP contribution in [0.25, 0.3) is 11.0 Å². The molecule has 1 N–H and O–H groups in total. The maximum Gasteiger partial charge on any atom is 0.410 e. The van der Waals surface area contributed by atoms with Crippen LogP contribution >= 0.6 is 0 Å². The van der Waals surface area contributed by atoms with Gasteiger partial charge < -0.3 is 19.9 Å². The summed E-state index contributed by atoms with van der Waals surface area (Å²) in [6.45, 7) is 8.10. The van der Waals surface area contributed by atoms with Crippen molar-refractivity contribution in [2.75, 3.05) is 36.9 Å². The number of carbonyl (C=O) groups excluding carboxylic acids is 1. The summed E-state index contributed by atoms with van der Waals surface area (Å²) in [6, 6.07) is 8.54. The van der Waals surface area contributed by atoms with Gasteiger partial charge in [-0.2, -0.15) is 0 Å². The molecule has 0 spiro atoms. The van der Waals surface area contributed by atoms with Gasteiger partial charge in [0.1, 0.15) is 5.60 Å². The molecule has 2 fully saturated rings. The Bertz CT molecular complexity index is 898. The van der Waals surface area contributed by atoms with Crippen molar-refractivity contribution in [3.63, 3.8) is 0 Å². The molecule has 2 aromatic rings. The molecule has 7 heteroatoms. The van der Waals surface area contributed by atoms with Crippen LogP contribution in [0.3, 0.4) is 0 Å². The number of nitrogens with zero attached hydrogens (tertiary/aromatic N) is 4. The van der Waals surface area contributed by atoms with Crippen LogP contribution in [0.2, 0.25) is 0 Å². The van der Waals surface area contributed by atoms with E-state index in [9.17, 15) is 4.79 Å². The number of nitrogens with one attached hydrogen (secondary N) is 1. The summed E-state index contributed by atoms with van der Waals surface area (Å²) in [5, 5.41) is 3.55. The number of aromatic nitrogens is 2.